The topological polar surface area (TPSA) is 93.4 Å². The Hall–Kier alpha value is -2.39. The van der Waals surface area contributed by atoms with Gasteiger partial charge >= 0.3 is 5.97 Å². The molecule has 2 N–H and O–H groups in total. The molecule has 1 fully saturated rings. The minimum absolute atomic E-state index is 0.0933. The average molecular weight is 301 g/mol. The third-order valence-electron chi connectivity index (χ3n) is 3.79. The van der Waals surface area contributed by atoms with Gasteiger partial charge in [0.1, 0.15) is 0 Å². The molecule has 0 aliphatic carbocycles. The maximum Gasteiger partial charge on any atom is 0.335 e. The van der Waals surface area contributed by atoms with Gasteiger partial charge in [-0.3, -0.25) is 4.79 Å². The summed E-state index contributed by atoms with van der Waals surface area (Å²) in [4.78, 5) is 25.4. The minimum atomic E-state index is -1.02. The summed E-state index contributed by atoms with van der Waals surface area (Å²) in [5, 5.41) is 20.4. The molecule has 116 valence electrons. The summed E-state index contributed by atoms with van der Waals surface area (Å²) < 4.78 is 0. The number of carbonyl (C=O) groups is 2. The van der Waals surface area contributed by atoms with Crippen molar-refractivity contribution in [2.75, 3.05) is 25.0 Å². The van der Waals surface area contributed by atoms with E-state index in [9.17, 15) is 9.59 Å². The van der Waals surface area contributed by atoms with Gasteiger partial charge in [0.15, 0.2) is 0 Å². The predicted molar refractivity (Wildman–Crippen MR) is 81.4 cm³/mol. The number of hydrogen-bond acceptors (Lipinski definition) is 4. The second-order valence-corrected chi connectivity index (χ2v) is 5.42. The molecule has 0 radical (unpaired) electrons. The van der Waals surface area contributed by atoms with Crippen LogP contribution in [0.3, 0.4) is 0 Å². The molecule has 22 heavy (non-hydrogen) atoms. The Balaban J connectivity index is 1.95. The fourth-order valence-electron chi connectivity index (χ4n) is 2.66. The summed E-state index contributed by atoms with van der Waals surface area (Å²) in [6.45, 7) is 2.25. The lowest BCUT2D eigenvalue weighted by molar-refractivity contribution is -0.121. The quantitative estimate of drug-likeness (QED) is 0.867. The smallest absolute Gasteiger partial charge is 0.335 e. The molecule has 1 saturated heterocycles. The van der Waals surface area contributed by atoms with Crippen molar-refractivity contribution in [1.82, 2.24) is 4.90 Å². The van der Waals surface area contributed by atoms with E-state index in [0.29, 0.717) is 25.2 Å². The lowest BCUT2D eigenvalue weighted by atomic mass is 9.97. The largest absolute Gasteiger partial charge is 0.478 e. The number of likely N-dealkylation sites (tertiary alicyclic amines) is 1. The van der Waals surface area contributed by atoms with E-state index in [1.165, 1.54) is 12.1 Å². The fraction of sp³-hybridized carbons (Fsp3) is 0.438. The molecule has 1 aliphatic rings. The first-order valence-corrected chi connectivity index (χ1v) is 7.33. The molecule has 0 spiro atoms. The molecule has 1 heterocycles. The molecule has 1 aromatic rings. The summed E-state index contributed by atoms with van der Waals surface area (Å²) >= 11 is 0. The molecule has 0 saturated carbocycles. The summed E-state index contributed by atoms with van der Waals surface area (Å²) in [7, 11) is 0. The lowest BCUT2D eigenvalue weighted by Crippen LogP contribution is -2.41. The highest BCUT2D eigenvalue weighted by atomic mass is 16.4. The summed E-state index contributed by atoms with van der Waals surface area (Å²) in [5.41, 5.74) is 0.649. The second kappa shape index (κ2) is 7.57. The Kier molecular flexibility index (Phi) is 5.50. The maximum atomic E-state index is 12.3. The van der Waals surface area contributed by atoms with Crippen molar-refractivity contribution in [1.29, 1.82) is 5.26 Å². The van der Waals surface area contributed by atoms with Gasteiger partial charge in [-0.05, 0) is 37.6 Å². The van der Waals surface area contributed by atoms with Crippen LogP contribution in [0.5, 0.6) is 0 Å². The van der Waals surface area contributed by atoms with Crippen molar-refractivity contribution in [3.8, 4) is 6.07 Å². The number of benzene rings is 1. The van der Waals surface area contributed by atoms with Crippen LogP contribution in [-0.2, 0) is 4.79 Å². The van der Waals surface area contributed by atoms with E-state index >= 15 is 0 Å². The van der Waals surface area contributed by atoms with Crippen LogP contribution in [0.2, 0.25) is 0 Å². The van der Waals surface area contributed by atoms with Gasteiger partial charge in [-0.25, -0.2) is 4.79 Å². The first-order chi connectivity index (χ1) is 10.6. The molecule has 0 bridgehead atoms. The molecular weight excluding hydrogens is 282 g/mol. The lowest BCUT2D eigenvalue weighted by Gasteiger charge is -2.31. The number of nitrogens with zero attached hydrogens (tertiary/aromatic N) is 2. The van der Waals surface area contributed by atoms with E-state index < -0.39 is 5.97 Å². The molecule has 1 aromatic carbocycles. The molecule has 1 unspecified atom stereocenters. The van der Waals surface area contributed by atoms with Crippen LogP contribution in [0.4, 0.5) is 5.69 Å². The minimum Gasteiger partial charge on any atom is -0.478 e. The van der Waals surface area contributed by atoms with Gasteiger partial charge in [-0.15, -0.1) is 0 Å². The Morgan fingerprint density at radius 1 is 1.45 bits per heavy atom. The first kappa shape index (κ1) is 16.0. The predicted octanol–water partition coefficient (Wildman–Crippen LogP) is 1.95. The highest BCUT2D eigenvalue weighted by molar-refractivity contribution is 5.95. The number of nitriles is 1. The van der Waals surface area contributed by atoms with Gasteiger partial charge < -0.3 is 15.3 Å². The van der Waals surface area contributed by atoms with E-state index in [1.807, 2.05) is 0 Å². The van der Waals surface area contributed by atoms with Crippen molar-refractivity contribution in [3.05, 3.63) is 29.8 Å². The maximum absolute atomic E-state index is 12.3. The van der Waals surface area contributed by atoms with Gasteiger partial charge in [-0.1, -0.05) is 6.07 Å². The van der Waals surface area contributed by atoms with Crippen molar-refractivity contribution in [2.45, 2.75) is 19.3 Å². The number of hydrogen-bond donors (Lipinski definition) is 2. The summed E-state index contributed by atoms with van der Waals surface area (Å²) in [5.74, 6) is -1.23. The molecule has 6 heteroatoms. The van der Waals surface area contributed by atoms with Crippen molar-refractivity contribution in [2.24, 2.45) is 5.92 Å². The average Bonchev–Trinajstić information content (AvgIpc) is 2.53. The zero-order chi connectivity index (χ0) is 15.9. The number of rotatable bonds is 5. The number of piperidine rings is 1. The number of carboxylic acids is 1. The van der Waals surface area contributed by atoms with Crippen molar-refractivity contribution >= 4 is 17.6 Å². The Morgan fingerprint density at radius 2 is 2.27 bits per heavy atom. The third kappa shape index (κ3) is 4.30. The normalized spacial score (nSPS) is 18.4. The van der Waals surface area contributed by atoms with Gasteiger partial charge in [-0.2, -0.15) is 5.26 Å². The number of carboxylic acid groups (broad SMARTS) is 1. The molecule has 6 nitrogen and oxygen atoms in total. The highest BCUT2D eigenvalue weighted by Gasteiger charge is 2.25. The van der Waals surface area contributed by atoms with E-state index in [1.54, 1.807) is 12.1 Å². The third-order valence-corrected chi connectivity index (χ3v) is 3.79. The number of nitrogens with one attached hydrogen (secondary N) is 1. The number of anilines is 1. The van der Waals surface area contributed by atoms with Crippen LogP contribution in [-0.4, -0.2) is 41.5 Å². The molecule has 1 atom stereocenters. The van der Waals surface area contributed by atoms with Crippen LogP contribution in [0, 0.1) is 17.2 Å². The zero-order valence-electron chi connectivity index (χ0n) is 12.3. The van der Waals surface area contributed by atoms with Crippen LogP contribution in [0.1, 0.15) is 29.6 Å². The highest BCUT2D eigenvalue weighted by Crippen LogP contribution is 2.19. The Morgan fingerprint density at radius 3 is 3.00 bits per heavy atom. The number of aromatic carboxylic acids is 1. The van der Waals surface area contributed by atoms with Gasteiger partial charge in [0.05, 0.1) is 17.6 Å². The van der Waals surface area contributed by atoms with Crippen LogP contribution >= 0.6 is 0 Å². The summed E-state index contributed by atoms with van der Waals surface area (Å²) in [6, 6.07) is 8.35. The fourth-order valence-corrected chi connectivity index (χ4v) is 2.66. The molecule has 1 aliphatic heterocycles. The Bertz CT molecular complexity index is 595. The van der Waals surface area contributed by atoms with E-state index in [0.717, 1.165) is 19.4 Å². The van der Waals surface area contributed by atoms with E-state index in [-0.39, 0.29) is 17.4 Å². The first-order valence-electron chi connectivity index (χ1n) is 7.33. The molecule has 1 amide bonds. The molecule has 0 aromatic heterocycles. The van der Waals surface area contributed by atoms with Gasteiger partial charge in [0.2, 0.25) is 5.91 Å². The second-order valence-electron chi connectivity index (χ2n) is 5.42. The SMILES string of the molecule is N#CCCN1CCCC(C(=O)Nc2cccc(C(=O)O)c2)C1. The van der Waals surface area contributed by atoms with Crippen LogP contribution in [0.15, 0.2) is 24.3 Å². The monoisotopic (exact) mass is 301 g/mol. The van der Waals surface area contributed by atoms with Crippen molar-refractivity contribution < 1.29 is 14.7 Å². The summed E-state index contributed by atoms with van der Waals surface area (Å²) in [6.07, 6.45) is 2.21. The molecular formula is C16H19N3O3. The Labute approximate surface area is 129 Å². The standard InChI is InChI=1S/C16H19N3O3/c17-7-3-9-19-8-2-5-13(11-19)15(20)18-14-6-1-4-12(10-14)16(21)22/h1,4,6,10,13H,2-3,5,8-9,11H2,(H,18,20)(H,21,22). The number of carbonyl (C=O) groups excluding carboxylic acids is 1. The van der Waals surface area contributed by atoms with Crippen LogP contribution < -0.4 is 5.32 Å². The zero-order valence-corrected chi connectivity index (χ0v) is 12.3. The van der Waals surface area contributed by atoms with Crippen LogP contribution in [0.25, 0.3) is 0 Å². The van der Waals surface area contributed by atoms with Gasteiger partial charge in [0, 0.05) is 25.2 Å². The van der Waals surface area contributed by atoms with Gasteiger partial charge in [0.25, 0.3) is 0 Å². The molecule has 2 rings (SSSR count). The van der Waals surface area contributed by atoms with E-state index in [2.05, 4.69) is 16.3 Å². The van der Waals surface area contributed by atoms with E-state index in [4.69, 9.17) is 10.4 Å². The van der Waals surface area contributed by atoms with Crippen molar-refractivity contribution in [3.63, 3.8) is 0 Å². The number of amides is 1.